The van der Waals surface area contributed by atoms with Crippen molar-refractivity contribution < 1.29 is 9.26 Å². The van der Waals surface area contributed by atoms with Crippen molar-refractivity contribution in [1.29, 1.82) is 5.26 Å². The molecule has 1 aliphatic rings. The van der Waals surface area contributed by atoms with Gasteiger partial charge in [-0.25, -0.2) is 0 Å². The summed E-state index contributed by atoms with van der Waals surface area (Å²) in [5.41, 5.74) is 7.36. The van der Waals surface area contributed by atoms with E-state index in [1.807, 2.05) is 0 Å². The summed E-state index contributed by atoms with van der Waals surface area (Å²) >= 11 is 0. The van der Waals surface area contributed by atoms with E-state index in [0.29, 0.717) is 30.0 Å². The number of hydrogen-bond donors (Lipinski definition) is 1. The summed E-state index contributed by atoms with van der Waals surface area (Å²) in [6.45, 7) is 0.400. The summed E-state index contributed by atoms with van der Waals surface area (Å²) in [7, 11) is 0. The number of hydrogen-bond acceptors (Lipinski definition) is 6. The average molecular weight is 284 g/mol. The Morgan fingerprint density at radius 3 is 2.76 bits per heavy atom. The average Bonchev–Trinajstić information content (AvgIpc) is 2.95. The Morgan fingerprint density at radius 2 is 2.14 bits per heavy atom. The zero-order chi connectivity index (χ0) is 14.7. The fraction of sp³-hybridized carbons (Fsp3) is 0.400. The van der Waals surface area contributed by atoms with E-state index in [9.17, 15) is 0 Å². The van der Waals surface area contributed by atoms with Crippen LogP contribution in [0.25, 0.3) is 11.5 Å². The lowest BCUT2D eigenvalue weighted by atomic mass is 9.96. The third kappa shape index (κ3) is 3.10. The van der Waals surface area contributed by atoms with Crippen molar-refractivity contribution >= 4 is 0 Å². The first kappa shape index (κ1) is 13.7. The van der Waals surface area contributed by atoms with E-state index in [0.717, 1.165) is 18.4 Å². The third-order valence-electron chi connectivity index (χ3n) is 3.60. The lowest BCUT2D eigenvalue weighted by molar-refractivity contribution is -0.00549. The number of rotatable bonds is 5. The highest BCUT2D eigenvalue weighted by molar-refractivity contribution is 5.54. The molecule has 0 saturated heterocycles. The van der Waals surface area contributed by atoms with E-state index < -0.39 is 0 Å². The highest BCUT2D eigenvalue weighted by Crippen LogP contribution is 2.24. The molecule has 108 valence electrons. The minimum Gasteiger partial charge on any atom is -0.376 e. The van der Waals surface area contributed by atoms with E-state index >= 15 is 0 Å². The predicted molar refractivity (Wildman–Crippen MR) is 75.0 cm³/mol. The summed E-state index contributed by atoms with van der Waals surface area (Å²) < 4.78 is 10.9. The molecule has 6 heteroatoms. The summed E-state index contributed by atoms with van der Waals surface area (Å²) in [4.78, 5) is 4.29. The lowest BCUT2D eigenvalue weighted by Gasteiger charge is -2.26. The zero-order valence-electron chi connectivity index (χ0n) is 11.5. The van der Waals surface area contributed by atoms with Gasteiger partial charge in [0.1, 0.15) is 0 Å². The molecule has 1 aromatic carbocycles. The Kier molecular flexibility index (Phi) is 3.95. The first-order valence-corrected chi connectivity index (χ1v) is 6.97. The lowest BCUT2D eigenvalue weighted by Crippen LogP contribution is -2.27. The largest absolute Gasteiger partial charge is 0.376 e. The molecule has 0 radical (unpaired) electrons. The Labute approximate surface area is 122 Å². The van der Waals surface area contributed by atoms with Crippen molar-refractivity contribution in [3.8, 4) is 17.5 Å². The van der Waals surface area contributed by atoms with Crippen LogP contribution in [0.2, 0.25) is 0 Å². The summed E-state index contributed by atoms with van der Waals surface area (Å²) in [6.07, 6.45) is 3.77. The van der Waals surface area contributed by atoms with Gasteiger partial charge in [0.05, 0.1) is 30.4 Å². The molecular formula is C15H16N4O2. The molecule has 0 spiro atoms. The molecule has 0 aliphatic heterocycles. The topological polar surface area (TPSA) is 98.0 Å². The number of benzene rings is 1. The van der Waals surface area contributed by atoms with E-state index in [2.05, 4.69) is 16.2 Å². The van der Waals surface area contributed by atoms with Crippen molar-refractivity contribution in [2.45, 2.75) is 31.4 Å². The predicted octanol–water partition coefficient (Wildman–Crippen LogP) is 2.18. The monoisotopic (exact) mass is 284 g/mol. The van der Waals surface area contributed by atoms with E-state index in [-0.39, 0.29) is 6.04 Å². The Hall–Kier alpha value is -2.23. The first-order valence-electron chi connectivity index (χ1n) is 6.97. The number of ether oxygens (including phenoxy) is 1. The highest BCUT2D eigenvalue weighted by Gasteiger charge is 2.21. The van der Waals surface area contributed by atoms with Gasteiger partial charge >= 0.3 is 0 Å². The molecule has 2 aromatic rings. The Bertz CT molecular complexity index is 640. The maximum Gasteiger partial charge on any atom is 0.257 e. The molecule has 1 aliphatic carbocycles. The molecule has 1 atom stereocenters. The minimum atomic E-state index is -0.388. The Morgan fingerprint density at radius 1 is 1.38 bits per heavy atom. The second kappa shape index (κ2) is 6.04. The van der Waals surface area contributed by atoms with Gasteiger partial charge in [0, 0.05) is 5.56 Å². The number of nitrogens with zero attached hydrogens (tertiary/aromatic N) is 3. The van der Waals surface area contributed by atoms with Crippen molar-refractivity contribution in [1.82, 2.24) is 10.1 Å². The molecule has 21 heavy (non-hydrogen) atoms. The second-order valence-corrected chi connectivity index (χ2v) is 5.14. The van der Waals surface area contributed by atoms with Crippen molar-refractivity contribution in [2.24, 2.45) is 5.73 Å². The molecule has 3 rings (SSSR count). The Balaban J connectivity index is 1.65. The maximum absolute atomic E-state index is 8.77. The normalized spacial score (nSPS) is 16.2. The van der Waals surface area contributed by atoms with Crippen molar-refractivity contribution in [3.05, 3.63) is 35.7 Å². The fourth-order valence-electron chi connectivity index (χ4n) is 2.04. The van der Waals surface area contributed by atoms with Crippen molar-refractivity contribution in [3.63, 3.8) is 0 Å². The van der Waals surface area contributed by atoms with Crippen LogP contribution in [0.1, 0.15) is 36.7 Å². The van der Waals surface area contributed by atoms with E-state index in [1.54, 1.807) is 24.3 Å². The standard InChI is InChI=1S/C15H16N4O2/c16-8-10-4-6-11(7-5-10)15-18-14(19-21-15)13(17)9-20-12-2-1-3-12/h4-7,12-13H,1-3,9,17H2. The van der Waals surface area contributed by atoms with Gasteiger partial charge in [-0.2, -0.15) is 10.2 Å². The molecule has 0 amide bonds. The molecule has 1 unspecified atom stereocenters. The summed E-state index contributed by atoms with van der Waals surface area (Å²) in [5, 5.41) is 12.7. The van der Waals surface area contributed by atoms with Crippen LogP contribution >= 0.6 is 0 Å². The summed E-state index contributed by atoms with van der Waals surface area (Å²) in [5.74, 6) is 0.835. The molecule has 2 N–H and O–H groups in total. The van der Waals surface area contributed by atoms with Gasteiger partial charge in [0.15, 0.2) is 5.82 Å². The van der Waals surface area contributed by atoms with Gasteiger partial charge in [-0.05, 0) is 43.5 Å². The highest BCUT2D eigenvalue weighted by atomic mass is 16.5. The van der Waals surface area contributed by atoms with Crippen LogP contribution in [0.15, 0.2) is 28.8 Å². The molecule has 0 bridgehead atoms. The van der Waals surface area contributed by atoms with E-state index in [1.165, 1.54) is 6.42 Å². The molecular weight excluding hydrogens is 268 g/mol. The SMILES string of the molecule is N#Cc1ccc(-c2nc(C(N)COC3CCC3)no2)cc1. The van der Waals surface area contributed by atoms with Crippen LogP contribution in [0, 0.1) is 11.3 Å². The van der Waals surface area contributed by atoms with Gasteiger partial charge in [-0.3, -0.25) is 0 Å². The van der Waals surface area contributed by atoms with Crippen LogP contribution < -0.4 is 5.73 Å². The molecule has 1 aromatic heterocycles. The number of nitrogens with two attached hydrogens (primary N) is 1. The maximum atomic E-state index is 8.77. The van der Waals surface area contributed by atoms with Crippen LogP contribution in [0.5, 0.6) is 0 Å². The smallest absolute Gasteiger partial charge is 0.257 e. The van der Waals surface area contributed by atoms with Crippen LogP contribution in [-0.2, 0) is 4.74 Å². The summed E-state index contributed by atoms with van der Waals surface area (Å²) in [6, 6.07) is 8.63. The van der Waals surface area contributed by atoms with Crippen LogP contribution in [0.3, 0.4) is 0 Å². The third-order valence-corrected chi connectivity index (χ3v) is 3.60. The second-order valence-electron chi connectivity index (χ2n) is 5.14. The van der Waals surface area contributed by atoms with Gasteiger partial charge in [0.25, 0.3) is 5.89 Å². The fourth-order valence-corrected chi connectivity index (χ4v) is 2.04. The molecule has 6 nitrogen and oxygen atoms in total. The number of nitriles is 1. The zero-order valence-corrected chi connectivity index (χ0v) is 11.5. The first-order chi connectivity index (χ1) is 10.3. The van der Waals surface area contributed by atoms with Gasteiger partial charge < -0.3 is 15.0 Å². The molecule has 1 heterocycles. The van der Waals surface area contributed by atoms with Gasteiger partial charge in [-0.1, -0.05) is 5.16 Å². The minimum absolute atomic E-state index is 0.334. The van der Waals surface area contributed by atoms with Gasteiger partial charge in [-0.15, -0.1) is 0 Å². The van der Waals surface area contributed by atoms with E-state index in [4.69, 9.17) is 20.3 Å². The number of aromatic nitrogens is 2. The molecule has 1 saturated carbocycles. The van der Waals surface area contributed by atoms with Crippen molar-refractivity contribution in [2.75, 3.05) is 6.61 Å². The van der Waals surface area contributed by atoms with Crippen LogP contribution in [-0.4, -0.2) is 22.9 Å². The van der Waals surface area contributed by atoms with Gasteiger partial charge in [0.2, 0.25) is 0 Å². The van der Waals surface area contributed by atoms with Crippen LogP contribution in [0.4, 0.5) is 0 Å². The molecule has 1 fully saturated rings. The quantitative estimate of drug-likeness (QED) is 0.903.